The SMILES string of the molecule is CCCn1ncnc1CNCC(CC)CC. The standard InChI is InChI=1S/C12H24N4/c1-4-7-16-12(14-10-15-16)9-13-8-11(5-2)6-3/h10-11,13H,4-9H2,1-3H3. The lowest BCUT2D eigenvalue weighted by Gasteiger charge is -2.13. The molecule has 0 aliphatic carbocycles. The van der Waals surface area contributed by atoms with Gasteiger partial charge in [-0.05, 0) is 18.9 Å². The van der Waals surface area contributed by atoms with Crippen molar-refractivity contribution in [1.29, 1.82) is 0 Å². The van der Waals surface area contributed by atoms with Crippen LogP contribution >= 0.6 is 0 Å². The van der Waals surface area contributed by atoms with Gasteiger partial charge in [-0.2, -0.15) is 5.10 Å². The Morgan fingerprint density at radius 1 is 1.31 bits per heavy atom. The van der Waals surface area contributed by atoms with Crippen molar-refractivity contribution in [3.05, 3.63) is 12.2 Å². The summed E-state index contributed by atoms with van der Waals surface area (Å²) in [5.41, 5.74) is 0. The average molecular weight is 224 g/mol. The van der Waals surface area contributed by atoms with E-state index in [-0.39, 0.29) is 0 Å². The molecule has 1 heterocycles. The highest BCUT2D eigenvalue weighted by atomic mass is 15.3. The van der Waals surface area contributed by atoms with Crippen molar-refractivity contribution in [2.45, 2.75) is 53.1 Å². The van der Waals surface area contributed by atoms with E-state index in [2.05, 4.69) is 36.2 Å². The number of nitrogens with zero attached hydrogens (tertiary/aromatic N) is 3. The lowest BCUT2D eigenvalue weighted by atomic mass is 10.0. The Labute approximate surface area is 98.5 Å². The van der Waals surface area contributed by atoms with Crippen molar-refractivity contribution in [3.63, 3.8) is 0 Å². The molecule has 0 aliphatic rings. The smallest absolute Gasteiger partial charge is 0.140 e. The summed E-state index contributed by atoms with van der Waals surface area (Å²) < 4.78 is 1.99. The van der Waals surface area contributed by atoms with Crippen LogP contribution in [-0.2, 0) is 13.1 Å². The first-order valence-electron chi connectivity index (χ1n) is 6.39. The van der Waals surface area contributed by atoms with Crippen LogP contribution in [-0.4, -0.2) is 21.3 Å². The Morgan fingerprint density at radius 2 is 2.06 bits per heavy atom. The fourth-order valence-corrected chi connectivity index (χ4v) is 1.79. The van der Waals surface area contributed by atoms with E-state index in [1.807, 2.05) is 4.68 Å². The van der Waals surface area contributed by atoms with Gasteiger partial charge in [0.2, 0.25) is 0 Å². The zero-order valence-corrected chi connectivity index (χ0v) is 10.7. The van der Waals surface area contributed by atoms with Gasteiger partial charge in [0.1, 0.15) is 12.2 Å². The predicted molar refractivity (Wildman–Crippen MR) is 66.1 cm³/mol. The summed E-state index contributed by atoms with van der Waals surface area (Å²) in [6.07, 6.45) is 5.23. The van der Waals surface area contributed by atoms with Crippen LogP contribution in [0.5, 0.6) is 0 Å². The predicted octanol–water partition coefficient (Wildman–Crippen LogP) is 2.21. The van der Waals surface area contributed by atoms with Gasteiger partial charge in [0.25, 0.3) is 0 Å². The van der Waals surface area contributed by atoms with Gasteiger partial charge in [-0.15, -0.1) is 0 Å². The maximum atomic E-state index is 4.27. The van der Waals surface area contributed by atoms with Gasteiger partial charge < -0.3 is 5.32 Å². The van der Waals surface area contributed by atoms with E-state index in [9.17, 15) is 0 Å². The Morgan fingerprint density at radius 3 is 2.69 bits per heavy atom. The maximum Gasteiger partial charge on any atom is 0.140 e. The van der Waals surface area contributed by atoms with Gasteiger partial charge in [-0.25, -0.2) is 9.67 Å². The average Bonchev–Trinajstić information content (AvgIpc) is 2.73. The van der Waals surface area contributed by atoms with Crippen LogP contribution in [0.1, 0.15) is 45.9 Å². The maximum absolute atomic E-state index is 4.27. The normalized spacial score (nSPS) is 11.2. The van der Waals surface area contributed by atoms with Crippen LogP contribution < -0.4 is 5.32 Å². The third-order valence-electron chi connectivity index (χ3n) is 3.00. The van der Waals surface area contributed by atoms with Crippen LogP contribution in [0, 0.1) is 5.92 Å². The summed E-state index contributed by atoms with van der Waals surface area (Å²) in [4.78, 5) is 4.27. The minimum Gasteiger partial charge on any atom is -0.310 e. The topological polar surface area (TPSA) is 42.7 Å². The molecule has 1 N–H and O–H groups in total. The molecule has 0 amide bonds. The number of nitrogens with one attached hydrogen (secondary N) is 1. The molecule has 0 saturated carbocycles. The molecule has 16 heavy (non-hydrogen) atoms. The van der Waals surface area contributed by atoms with Crippen molar-refractivity contribution >= 4 is 0 Å². The largest absolute Gasteiger partial charge is 0.310 e. The summed E-state index contributed by atoms with van der Waals surface area (Å²) in [6, 6.07) is 0. The summed E-state index contributed by atoms with van der Waals surface area (Å²) in [5, 5.41) is 7.67. The molecule has 1 rings (SSSR count). The number of aromatic nitrogens is 3. The quantitative estimate of drug-likeness (QED) is 0.736. The Balaban J connectivity index is 2.33. The molecule has 0 atom stereocenters. The molecule has 4 heteroatoms. The number of hydrogen-bond acceptors (Lipinski definition) is 3. The first kappa shape index (κ1) is 13.2. The number of rotatable bonds is 8. The van der Waals surface area contributed by atoms with Crippen molar-refractivity contribution in [2.24, 2.45) is 5.92 Å². The first-order valence-corrected chi connectivity index (χ1v) is 6.39. The molecular formula is C12H24N4. The summed E-state index contributed by atoms with van der Waals surface area (Å²) in [6.45, 7) is 9.51. The fourth-order valence-electron chi connectivity index (χ4n) is 1.79. The molecular weight excluding hydrogens is 200 g/mol. The summed E-state index contributed by atoms with van der Waals surface area (Å²) in [7, 11) is 0. The Bertz CT molecular complexity index is 278. The molecule has 0 radical (unpaired) electrons. The van der Waals surface area contributed by atoms with Gasteiger partial charge in [0, 0.05) is 6.54 Å². The summed E-state index contributed by atoms with van der Waals surface area (Å²) >= 11 is 0. The van der Waals surface area contributed by atoms with Crippen molar-refractivity contribution in [1.82, 2.24) is 20.1 Å². The van der Waals surface area contributed by atoms with Gasteiger partial charge in [-0.3, -0.25) is 0 Å². The first-order chi connectivity index (χ1) is 7.81. The molecule has 0 spiro atoms. The fraction of sp³-hybridized carbons (Fsp3) is 0.833. The van der Waals surface area contributed by atoms with E-state index in [1.54, 1.807) is 6.33 Å². The molecule has 0 bridgehead atoms. The van der Waals surface area contributed by atoms with Crippen LogP contribution in [0.3, 0.4) is 0 Å². The molecule has 0 saturated heterocycles. The highest BCUT2D eigenvalue weighted by Crippen LogP contribution is 2.05. The van der Waals surface area contributed by atoms with Gasteiger partial charge >= 0.3 is 0 Å². The highest BCUT2D eigenvalue weighted by Gasteiger charge is 2.05. The van der Waals surface area contributed by atoms with E-state index in [1.165, 1.54) is 12.8 Å². The summed E-state index contributed by atoms with van der Waals surface area (Å²) in [5.74, 6) is 1.83. The molecule has 1 aromatic heterocycles. The van der Waals surface area contributed by atoms with Crippen LogP contribution in [0.15, 0.2) is 6.33 Å². The second-order valence-electron chi connectivity index (χ2n) is 4.21. The minimum atomic E-state index is 0.780. The van der Waals surface area contributed by atoms with Crippen LogP contribution in [0.2, 0.25) is 0 Å². The van der Waals surface area contributed by atoms with E-state index in [0.717, 1.165) is 37.8 Å². The van der Waals surface area contributed by atoms with E-state index in [0.29, 0.717) is 0 Å². The Kier molecular flexibility index (Phi) is 6.08. The number of hydrogen-bond donors (Lipinski definition) is 1. The molecule has 0 unspecified atom stereocenters. The zero-order chi connectivity index (χ0) is 11.8. The van der Waals surface area contributed by atoms with Gasteiger partial charge in [0.05, 0.1) is 6.54 Å². The van der Waals surface area contributed by atoms with Gasteiger partial charge in [-0.1, -0.05) is 33.6 Å². The molecule has 0 aliphatic heterocycles. The molecule has 4 nitrogen and oxygen atoms in total. The number of aryl methyl sites for hydroxylation is 1. The molecule has 0 aromatic carbocycles. The second kappa shape index (κ2) is 7.39. The molecule has 92 valence electrons. The van der Waals surface area contributed by atoms with E-state index >= 15 is 0 Å². The minimum absolute atomic E-state index is 0.780. The zero-order valence-electron chi connectivity index (χ0n) is 10.7. The van der Waals surface area contributed by atoms with Crippen molar-refractivity contribution < 1.29 is 0 Å². The third kappa shape index (κ3) is 3.93. The van der Waals surface area contributed by atoms with Crippen molar-refractivity contribution in [2.75, 3.05) is 6.54 Å². The molecule has 0 fully saturated rings. The monoisotopic (exact) mass is 224 g/mol. The third-order valence-corrected chi connectivity index (χ3v) is 3.00. The van der Waals surface area contributed by atoms with Crippen molar-refractivity contribution in [3.8, 4) is 0 Å². The van der Waals surface area contributed by atoms with E-state index in [4.69, 9.17) is 0 Å². The Hall–Kier alpha value is -0.900. The van der Waals surface area contributed by atoms with Gasteiger partial charge in [0.15, 0.2) is 0 Å². The van der Waals surface area contributed by atoms with E-state index < -0.39 is 0 Å². The van der Waals surface area contributed by atoms with Crippen LogP contribution in [0.25, 0.3) is 0 Å². The molecule has 1 aromatic rings. The second-order valence-corrected chi connectivity index (χ2v) is 4.21. The van der Waals surface area contributed by atoms with Crippen LogP contribution in [0.4, 0.5) is 0 Å². The lowest BCUT2D eigenvalue weighted by Crippen LogP contribution is -2.23. The highest BCUT2D eigenvalue weighted by molar-refractivity contribution is 4.83. The lowest BCUT2D eigenvalue weighted by molar-refractivity contribution is 0.438.